The molecule has 0 unspecified atom stereocenters. The first kappa shape index (κ1) is 13.3. The van der Waals surface area contributed by atoms with Crippen molar-refractivity contribution in [3.63, 3.8) is 0 Å². The van der Waals surface area contributed by atoms with Crippen LogP contribution in [-0.4, -0.2) is 0 Å². The third-order valence-corrected chi connectivity index (χ3v) is 2.61. The smallest absolute Gasteiger partial charge is 0.396 e. The quantitative estimate of drug-likeness (QED) is 0.610. The molecule has 0 fully saturated rings. The molecule has 0 aliphatic heterocycles. The average molecular weight is 273 g/mol. The predicted molar refractivity (Wildman–Crippen MR) is 61.2 cm³/mol. The van der Waals surface area contributed by atoms with Crippen LogP contribution in [0.5, 0.6) is 0 Å². The molecule has 0 aliphatic carbocycles. The zero-order valence-corrected chi connectivity index (χ0v) is 9.43. The van der Waals surface area contributed by atoms with Gasteiger partial charge in [-0.3, -0.25) is 0 Å². The van der Waals surface area contributed by atoms with E-state index < -0.39 is 23.4 Å². The van der Waals surface area contributed by atoms with E-state index in [1.54, 1.807) is 0 Å². The van der Waals surface area contributed by atoms with Gasteiger partial charge >= 0.3 is 6.18 Å². The highest BCUT2D eigenvalue weighted by Gasteiger charge is 2.34. The van der Waals surface area contributed by atoms with Gasteiger partial charge in [-0.05, 0) is 35.4 Å². The third-order valence-electron chi connectivity index (χ3n) is 2.61. The molecule has 2 rings (SSSR count). The normalized spacial score (nSPS) is 11.6. The van der Waals surface area contributed by atoms with E-state index >= 15 is 0 Å². The first-order valence-electron chi connectivity index (χ1n) is 5.21. The van der Waals surface area contributed by atoms with Gasteiger partial charge < -0.3 is 5.73 Å². The lowest BCUT2D eigenvalue weighted by Crippen LogP contribution is -2.08. The highest BCUT2D eigenvalue weighted by atomic mass is 19.4. The van der Waals surface area contributed by atoms with Gasteiger partial charge in [-0.15, -0.1) is 0 Å². The third kappa shape index (κ3) is 2.67. The fraction of sp³-hybridized carbons (Fsp3) is 0.0769. The first-order valence-corrected chi connectivity index (χ1v) is 5.21. The zero-order valence-electron chi connectivity index (χ0n) is 9.43. The maximum atomic E-state index is 13.3. The van der Waals surface area contributed by atoms with Crippen molar-refractivity contribution in [1.29, 1.82) is 0 Å². The minimum Gasteiger partial charge on any atom is -0.396 e. The van der Waals surface area contributed by atoms with Crippen molar-refractivity contribution in [3.05, 3.63) is 53.6 Å². The van der Waals surface area contributed by atoms with Gasteiger partial charge in [-0.2, -0.15) is 13.2 Å². The molecule has 0 bridgehead atoms. The van der Waals surface area contributed by atoms with E-state index in [0.29, 0.717) is 12.1 Å². The molecule has 1 nitrogen and oxygen atoms in total. The number of nitrogens with two attached hydrogens (primary N) is 1. The van der Waals surface area contributed by atoms with Crippen molar-refractivity contribution < 1.29 is 22.0 Å². The second kappa shape index (κ2) is 4.53. The van der Waals surface area contributed by atoms with Gasteiger partial charge in [-0.1, -0.05) is 12.1 Å². The van der Waals surface area contributed by atoms with Crippen LogP contribution in [0.25, 0.3) is 11.1 Å². The molecule has 0 aliphatic rings. The molecule has 0 aromatic heterocycles. The minimum absolute atomic E-state index is 0.0626. The summed E-state index contributed by atoms with van der Waals surface area (Å²) in [5, 5.41) is 0. The van der Waals surface area contributed by atoms with Crippen molar-refractivity contribution in [1.82, 2.24) is 0 Å². The van der Waals surface area contributed by atoms with Crippen molar-refractivity contribution in [2.75, 3.05) is 5.73 Å². The molecule has 0 atom stereocenters. The summed E-state index contributed by atoms with van der Waals surface area (Å²) in [6, 6.07) is 6.10. The summed E-state index contributed by atoms with van der Waals surface area (Å²) >= 11 is 0. The lowest BCUT2D eigenvalue weighted by Gasteiger charge is -2.10. The maximum Gasteiger partial charge on any atom is 0.419 e. The van der Waals surface area contributed by atoms with Crippen molar-refractivity contribution in [2.45, 2.75) is 6.18 Å². The summed E-state index contributed by atoms with van der Waals surface area (Å²) in [6.45, 7) is 0. The monoisotopic (exact) mass is 273 g/mol. The standard InChI is InChI=1S/C13H8F5N/c14-10-3-1-7(5-9(10)13(16,17)18)8-2-4-12(19)11(15)6-8/h1-6H,19H2. The van der Waals surface area contributed by atoms with Crippen LogP contribution < -0.4 is 5.73 Å². The summed E-state index contributed by atoms with van der Waals surface area (Å²) in [7, 11) is 0. The molecule has 0 radical (unpaired) electrons. The Labute approximate surface area is 105 Å². The first-order chi connectivity index (χ1) is 8.79. The number of rotatable bonds is 1. The highest BCUT2D eigenvalue weighted by molar-refractivity contribution is 5.66. The van der Waals surface area contributed by atoms with E-state index in [1.807, 2.05) is 0 Å². The number of nitrogen functional groups attached to an aromatic ring is 1. The minimum atomic E-state index is -4.80. The van der Waals surface area contributed by atoms with Crippen molar-refractivity contribution in [2.24, 2.45) is 0 Å². The molecule has 0 saturated heterocycles. The largest absolute Gasteiger partial charge is 0.419 e. The van der Waals surface area contributed by atoms with Crippen LogP contribution in [0, 0.1) is 11.6 Å². The number of benzene rings is 2. The van der Waals surface area contributed by atoms with Gasteiger partial charge in [0, 0.05) is 0 Å². The molecular weight excluding hydrogens is 265 g/mol. The van der Waals surface area contributed by atoms with Gasteiger partial charge in [0.05, 0.1) is 11.3 Å². The summed E-state index contributed by atoms with van der Waals surface area (Å²) < 4.78 is 64.0. The molecule has 2 aromatic carbocycles. The van der Waals surface area contributed by atoms with E-state index in [0.717, 1.165) is 12.1 Å². The van der Waals surface area contributed by atoms with Crippen LogP contribution in [0.2, 0.25) is 0 Å². The molecule has 2 aromatic rings. The van der Waals surface area contributed by atoms with Gasteiger partial charge in [0.2, 0.25) is 0 Å². The SMILES string of the molecule is Nc1ccc(-c2ccc(F)c(C(F)(F)F)c2)cc1F. The van der Waals surface area contributed by atoms with E-state index in [9.17, 15) is 22.0 Å². The van der Waals surface area contributed by atoms with Crippen molar-refractivity contribution >= 4 is 5.69 Å². The summed E-state index contributed by atoms with van der Waals surface area (Å²) in [5.74, 6) is -2.11. The Bertz CT molecular complexity index is 619. The van der Waals surface area contributed by atoms with Crippen LogP contribution in [0.4, 0.5) is 27.6 Å². The predicted octanol–water partition coefficient (Wildman–Crippen LogP) is 4.23. The van der Waals surface area contributed by atoms with Crippen LogP contribution in [0.1, 0.15) is 5.56 Å². The van der Waals surface area contributed by atoms with E-state index in [1.165, 1.54) is 12.1 Å². The molecule has 19 heavy (non-hydrogen) atoms. The van der Waals surface area contributed by atoms with E-state index in [2.05, 4.69) is 0 Å². The van der Waals surface area contributed by atoms with Crippen LogP contribution >= 0.6 is 0 Å². The van der Waals surface area contributed by atoms with Gasteiger partial charge in [0.15, 0.2) is 0 Å². The van der Waals surface area contributed by atoms with Gasteiger partial charge in [0.25, 0.3) is 0 Å². The lowest BCUT2D eigenvalue weighted by molar-refractivity contribution is -0.139. The fourth-order valence-corrected chi connectivity index (χ4v) is 1.63. The Morgan fingerprint density at radius 3 is 1.95 bits per heavy atom. The molecule has 0 saturated carbocycles. The van der Waals surface area contributed by atoms with Crippen molar-refractivity contribution in [3.8, 4) is 11.1 Å². The number of alkyl halides is 3. The lowest BCUT2D eigenvalue weighted by atomic mass is 10.0. The van der Waals surface area contributed by atoms with Crippen LogP contribution in [0.3, 0.4) is 0 Å². The molecule has 100 valence electrons. The topological polar surface area (TPSA) is 26.0 Å². The Hall–Kier alpha value is -2.11. The Balaban J connectivity index is 2.54. The molecule has 2 N–H and O–H groups in total. The molecule has 0 spiro atoms. The van der Waals surface area contributed by atoms with E-state index in [4.69, 9.17) is 5.73 Å². The summed E-state index contributed by atoms with van der Waals surface area (Å²) in [5.41, 5.74) is 4.03. The number of halogens is 5. The summed E-state index contributed by atoms with van der Waals surface area (Å²) in [4.78, 5) is 0. The van der Waals surface area contributed by atoms with E-state index in [-0.39, 0.29) is 16.8 Å². The zero-order chi connectivity index (χ0) is 14.2. The Morgan fingerprint density at radius 2 is 1.37 bits per heavy atom. The number of hydrogen-bond donors (Lipinski definition) is 1. The Kier molecular flexibility index (Phi) is 3.18. The van der Waals surface area contributed by atoms with Crippen LogP contribution in [0.15, 0.2) is 36.4 Å². The second-order valence-corrected chi connectivity index (χ2v) is 3.93. The maximum absolute atomic E-state index is 13.3. The molecular formula is C13H8F5N. The Morgan fingerprint density at radius 1 is 0.789 bits per heavy atom. The highest BCUT2D eigenvalue weighted by Crippen LogP contribution is 2.34. The average Bonchev–Trinajstić information content (AvgIpc) is 2.32. The molecule has 6 heteroatoms. The second-order valence-electron chi connectivity index (χ2n) is 3.93. The molecule has 0 heterocycles. The summed E-state index contributed by atoms with van der Waals surface area (Å²) in [6.07, 6.45) is -4.80. The number of hydrogen-bond acceptors (Lipinski definition) is 1. The van der Waals surface area contributed by atoms with Gasteiger partial charge in [-0.25, -0.2) is 8.78 Å². The molecule has 0 amide bonds. The van der Waals surface area contributed by atoms with Crippen LogP contribution in [-0.2, 0) is 6.18 Å². The fourth-order valence-electron chi connectivity index (χ4n) is 1.63. The number of anilines is 1. The van der Waals surface area contributed by atoms with Gasteiger partial charge in [0.1, 0.15) is 11.6 Å².